The minimum Gasteiger partial charge on any atom is -0.461 e. The molecule has 0 atom stereocenters. The maximum atomic E-state index is 13.3. The number of pyridine rings is 1. The van der Waals surface area contributed by atoms with E-state index in [-0.39, 0.29) is 41.3 Å². The van der Waals surface area contributed by atoms with Crippen LogP contribution in [0.1, 0.15) is 34.4 Å². The SMILES string of the molecule is CCOC(=O)c1cc(Cn2c(=O)cc(C(F)(F)F)c3c(C)nn(C)c32)on1. The molecule has 8 nitrogen and oxygen atoms in total. The Balaban J connectivity index is 2.12. The van der Waals surface area contributed by atoms with Crippen molar-refractivity contribution in [3.05, 3.63) is 45.2 Å². The van der Waals surface area contributed by atoms with Crippen LogP contribution in [0.25, 0.3) is 11.0 Å². The summed E-state index contributed by atoms with van der Waals surface area (Å²) < 4.78 is 52.1. The van der Waals surface area contributed by atoms with Crippen LogP contribution in [0.2, 0.25) is 0 Å². The number of halogens is 3. The monoisotopic (exact) mass is 384 g/mol. The molecule has 0 aliphatic heterocycles. The first-order chi connectivity index (χ1) is 12.6. The fraction of sp³-hybridized carbons (Fsp3) is 0.375. The maximum absolute atomic E-state index is 13.3. The first-order valence-electron chi connectivity index (χ1n) is 7.90. The van der Waals surface area contributed by atoms with Gasteiger partial charge in [-0.2, -0.15) is 18.3 Å². The van der Waals surface area contributed by atoms with Crippen molar-refractivity contribution in [1.29, 1.82) is 0 Å². The summed E-state index contributed by atoms with van der Waals surface area (Å²) >= 11 is 0. The van der Waals surface area contributed by atoms with Gasteiger partial charge in [-0.1, -0.05) is 5.16 Å². The third-order valence-electron chi connectivity index (χ3n) is 3.91. The summed E-state index contributed by atoms with van der Waals surface area (Å²) in [4.78, 5) is 24.0. The van der Waals surface area contributed by atoms with Crippen molar-refractivity contribution in [3.8, 4) is 0 Å². The molecular formula is C16H15F3N4O4. The van der Waals surface area contributed by atoms with Gasteiger partial charge in [-0.3, -0.25) is 14.0 Å². The Morgan fingerprint density at radius 3 is 2.67 bits per heavy atom. The number of carbonyl (C=O) groups excluding carboxylic acids is 1. The maximum Gasteiger partial charge on any atom is 0.417 e. The Labute approximate surface area is 150 Å². The fourth-order valence-corrected chi connectivity index (χ4v) is 2.87. The number of aryl methyl sites for hydroxylation is 2. The lowest BCUT2D eigenvalue weighted by molar-refractivity contribution is -0.136. The Bertz CT molecular complexity index is 1080. The Morgan fingerprint density at radius 1 is 1.33 bits per heavy atom. The van der Waals surface area contributed by atoms with Crippen molar-refractivity contribution in [2.75, 3.05) is 6.61 Å². The highest BCUT2D eigenvalue weighted by atomic mass is 19.4. The molecule has 0 fully saturated rings. The zero-order valence-electron chi connectivity index (χ0n) is 14.6. The van der Waals surface area contributed by atoms with Crippen LogP contribution in [0.3, 0.4) is 0 Å². The zero-order chi connectivity index (χ0) is 19.9. The average molecular weight is 384 g/mol. The van der Waals surface area contributed by atoms with Gasteiger partial charge in [0.25, 0.3) is 5.56 Å². The molecule has 0 amide bonds. The van der Waals surface area contributed by atoms with E-state index in [0.29, 0.717) is 6.07 Å². The van der Waals surface area contributed by atoms with E-state index in [1.54, 1.807) is 6.92 Å². The van der Waals surface area contributed by atoms with Crippen LogP contribution in [0, 0.1) is 6.92 Å². The second-order valence-electron chi connectivity index (χ2n) is 5.79. The Hall–Kier alpha value is -3.11. The molecule has 3 rings (SSSR count). The van der Waals surface area contributed by atoms with Crippen molar-refractivity contribution >= 4 is 17.0 Å². The van der Waals surface area contributed by atoms with Crippen LogP contribution in [-0.4, -0.2) is 32.1 Å². The number of hydrogen-bond acceptors (Lipinski definition) is 6. The van der Waals surface area contributed by atoms with Gasteiger partial charge in [0.2, 0.25) is 0 Å². The van der Waals surface area contributed by atoms with E-state index in [2.05, 4.69) is 10.3 Å². The van der Waals surface area contributed by atoms with Gasteiger partial charge < -0.3 is 9.26 Å². The molecule has 0 aromatic carbocycles. The summed E-state index contributed by atoms with van der Waals surface area (Å²) in [6, 6.07) is 1.80. The van der Waals surface area contributed by atoms with Crippen molar-refractivity contribution in [2.24, 2.45) is 7.05 Å². The van der Waals surface area contributed by atoms with Gasteiger partial charge in [-0.25, -0.2) is 4.79 Å². The number of fused-ring (bicyclic) bond motifs is 1. The molecule has 0 saturated carbocycles. The Kier molecular flexibility index (Phi) is 4.54. The van der Waals surface area contributed by atoms with Crippen molar-refractivity contribution in [1.82, 2.24) is 19.5 Å². The minimum absolute atomic E-state index is 0.0126. The fourth-order valence-electron chi connectivity index (χ4n) is 2.87. The number of hydrogen-bond donors (Lipinski definition) is 0. The van der Waals surface area contributed by atoms with Gasteiger partial charge in [-0.15, -0.1) is 0 Å². The van der Waals surface area contributed by atoms with Crippen LogP contribution in [0.15, 0.2) is 21.5 Å². The quantitative estimate of drug-likeness (QED) is 0.641. The van der Waals surface area contributed by atoms with E-state index < -0.39 is 23.3 Å². The first kappa shape index (κ1) is 18.7. The van der Waals surface area contributed by atoms with E-state index in [9.17, 15) is 22.8 Å². The molecular weight excluding hydrogens is 369 g/mol. The molecule has 0 N–H and O–H groups in total. The molecule has 0 radical (unpaired) electrons. The van der Waals surface area contributed by atoms with Crippen molar-refractivity contribution in [3.63, 3.8) is 0 Å². The van der Waals surface area contributed by atoms with Gasteiger partial charge in [0.1, 0.15) is 5.65 Å². The van der Waals surface area contributed by atoms with E-state index in [1.165, 1.54) is 24.7 Å². The van der Waals surface area contributed by atoms with Gasteiger partial charge in [0.05, 0.1) is 29.8 Å². The van der Waals surface area contributed by atoms with E-state index in [0.717, 1.165) is 4.57 Å². The molecule has 0 bridgehead atoms. The molecule has 27 heavy (non-hydrogen) atoms. The van der Waals surface area contributed by atoms with E-state index in [1.807, 2.05) is 0 Å². The average Bonchev–Trinajstić information content (AvgIpc) is 3.14. The third kappa shape index (κ3) is 3.32. The summed E-state index contributed by atoms with van der Waals surface area (Å²) in [5, 5.41) is 7.39. The standard InChI is InChI=1S/C16H15F3N4O4/c1-4-26-15(25)11-5-9(27-21-11)7-23-12(24)6-10(16(17,18)19)13-8(2)20-22(3)14(13)23/h5-6H,4,7H2,1-3H3. The lowest BCUT2D eigenvalue weighted by atomic mass is 10.1. The second-order valence-corrected chi connectivity index (χ2v) is 5.79. The topological polar surface area (TPSA) is 92.2 Å². The highest BCUT2D eigenvalue weighted by Gasteiger charge is 2.36. The minimum atomic E-state index is -4.70. The van der Waals surface area contributed by atoms with Gasteiger partial charge in [-0.05, 0) is 13.8 Å². The van der Waals surface area contributed by atoms with Gasteiger partial charge >= 0.3 is 12.1 Å². The van der Waals surface area contributed by atoms with Crippen LogP contribution < -0.4 is 5.56 Å². The van der Waals surface area contributed by atoms with Crippen molar-refractivity contribution in [2.45, 2.75) is 26.6 Å². The lowest BCUT2D eigenvalue weighted by Crippen LogP contribution is -2.24. The third-order valence-corrected chi connectivity index (χ3v) is 3.91. The highest BCUT2D eigenvalue weighted by Crippen LogP contribution is 2.35. The number of alkyl halides is 3. The number of nitrogens with zero attached hydrogens (tertiary/aromatic N) is 4. The highest BCUT2D eigenvalue weighted by molar-refractivity contribution is 5.87. The number of esters is 1. The number of aromatic nitrogens is 4. The molecule has 3 heterocycles. The molecule has 0 aliphatic rings. The van der Waals surface area contributed by atoms with Crippen LogP contribution in [-0.2, 0) is 24.5 Å². The first-order valence-corrected chi connectivity index (χ1v) is 7.90. The number of ether oxygens (including phenoxy) is 1. The lowest BCUT2D eigenvalue weighted by Gasteiger charge is -2.12. The molecule has 0 unspecified atom stereocenters. The Morgan fingerprint density at radius 2 is 2.04 bits per heavy atom. The molecule has 0 aliphatic carbocycles. The molecule has 0 saturated heterocycles. The van der Waals surface area contributed by atoms with Crippen LogP contribution >= 0.6 is 0 Å². The number of carbonyl (C=O) groups is 1. The summed E-state index contributed by atoms with van der Waals surface area (Å²) in [5.74, 6) is -0.589. The van der Waals surface area contributed by atoms with Crippen molar-refractivity contribution < 1.29 is 27.2 Å². The molecule has 3 aromatic heterocycles. The molecule has 3 aromatic rings. The predicted octanol–water partition coefficient (Wildman–Crippen LogP) is 2.28. The number of rotatable bonds is 4. The molecule has 11 heteroatoms. The summed E-state index contributed by atoms with van der Waals surface area (Å²) in [5.41, 5.74) is -1.90. The molecule has 0 spiro atoms. The predicted molar refractivity (Wildman–Crippen MR) is 86.3 cm³/mol. The van der Waals surface area contributed by atoms with Crippen LogP contribution in [0.4, 0.5) is 13.2 Å². The largest absolute Gasteiger partial charge is 0.461 e. The summed E-state index contributed by atoms with van der Waals surface area (Å²) in [7, 11) is 1.44. The normalized spacial score (nSPS) is 11.9. The summed E-state index contributed by atoms with van der Waals surface area (Å²) in [6.45, 7) is 2.98. The van der Waals surface area contributed by atoms with Gasteiger partial charge in [0, 0.05) is 19.2 Å². The summed E-state index contributed by atoms with van der Waals surface area (Å²) in [6.07, 6.45) is -4.70. The smallest absolute Gasteiger partial charge is 0.417 e. The van der Waals surface area contributed by atoms with Crippen LogP contribution in [0.5, 0.6) is 0 Å². The van der Waals surface area contributed by atoms with E-state index >= 15 is 0 Å². The van der Waals surface area contributed by atoms with Gasteiger partial charge in [0.15, 0.2) is 11.5 Å². The molecule has 144 valence electrons. The zero-order valence-corrected chi connectivity index (χ0v) is 14.6. The van der Waals surface area contributed by atoms with E-state index in [4.69, 9.17) is 9.26 Å². The second kappa shape index (κ2) is 6.56.